The smallest absolute Gasteiger partial charge is 0.262 e. The molecule has 1 heterocycles. The van der Waals surface area contributed by atoms with E-state index in [1.807, 2.05) is 0 Å². The molecule has 4 rings (SSSR count). The average molecular weight is 456 g/mol. The van der Waals surface area contributed by atoms with Crippen LogP contribution >= 0.6 is 0 Å². The van der Waals surface area contributed by atoms with Gasteiger partial charge in [-0.3, -0.25) is 9.52 Å². The van der Waals surface area contributed by atoms with Crippen LogP contribution in [-0.4, -0.2) is 34.1 Å². The Morgan fingerprint density at radius 1 is 0.938 bits per heavy atom. The summed E-state index contributed by atoms with van der Waals surface area (Å²) in [7, 11) is -3.91. The first-order valence-corrected chi connectivity index (χ1v) is 11.4. The van der Waals surface area contributed by atoms with Gasteiger partial charge < -0.3 is 14.8 Å². The summed E-state index contributed by atoms with van der Waals surface area (Å²) in [5, 5.41) is 2.72. The maximum Gasteiger partial charge on any atom is 0.262 e. The maximum atomic E-state index is 13.7. The Morgan fingerprint density at radius 2 is 1.72 bits per heavy atom. The van der Waals surface area contributed by atoms with Crippen LogP contribution in [-0.2, 0) is 16.4 Å². The monoisotopic (exact) mass is 456 g/mol. The molecule has 3 aromatic rings. The topological polar surface area (TPSA) is 93.7 Å². The van der Waals surface area contributed by atoms with Gasteiger partial charge in [0.2, 0.25) is 0 Å². The van der Waals surface area contributed by atoms with E-state index >= 15 is 0 Å². The number of carbonyl (C=O) groups is 1. The molecule has 1 amide bonds. The number of benzene rings is 3. The van der Waals surface area contributed by atoms with E-state index in [0.29, 0.717) is 36.7 Å². The number of hydrogen-bond donors (Lipinski definition) is 2. The lowest BCUT2D eigenvalue weighted by molar-refractivity contribution is 0.0954. The fourth-order valence-electron chi connectivity index (χ4n) is 3.24. The van der Waals surface area contributed by atoms with Crippen LogP contribution in [0.15, 0.2) is 71.6 Å². The molecule has 9 heteroatoms. The molecular formula is C23H21FN2O5S. The number of ether oxygens (including phenoxy) is 2. The summed E-state index contributed by atoms with van der Waals surface area (Å²) in [5.74, 6) is 0.144. The lowest BCUT2D eigenvalue weighted by Gasteiger charge is -2.19. The number of carbonyl (C=O) groups excluding carboxylic acids is 1. The van der Waals surface area contributed by atoms with E-state index in [2.05, 4.69) is 10.0 Å². The normalized spacial score (nSPS) is 12.8. The van der Waals surface area contributed by atoms with E-state index in [1.165, 1.54) is 24.3 Å². The molecule has 1 aliphatic rings. The van der Waals surface area contributed by atoms with E-state index in [1.54, 1.807) is 42.5 Å². The fraction of sp³-hybridized carbons (Fsp3) is 0.174. The van der Waals surface area contributed by atoms with Crippen LogP contribution in [0, 0.1) is 5.82 Å². The Balaban J connectivity index is 1.42. The van der Waals surface area contributed by atoms with E-state index in [0.717, 1.165) is 0 Å². The number of anilines is 1. The third-order valence-corrected chi connectivity index (χ3v) is 6.22. The van der Waals surface area contributed by atoms with Crippen molar-refractivity contribution in [3.63, 3.8) is 0 Å². The largest absolute Gasteiger partial charge is 0.486 e. The minimum Gasteiger partial charge on any atom is -0.486 e. The predicted molar refractivity (Wildman–Crippen MR) is 117 cm³/mol. The van der Waals surface area contributed by atoms with Crippen molar-refractivity contribution in [2.45, 2.75) is 11.3 Å². The van der Waals surface area contributed by atoms with Gasteiger partial charge in [0.1, 0.15) is 19.0 Å². The third-order valence-electron chi connectivity index (χ3n) is 4.84. The molecule has 3 aromatic carbocycles. The zero-order chi connectivity index (χ0) is 22.6. The number of fused-ring (bicyclic) bond motifs is 1. The molecule has 0 fully saturated rings. The highest BCUT2D eigenvalue weighted by atomic mass is 32.2. The second-order valence-corrected chi connectivity index (χ2v) is 8.77. The summed E-state index contributed by atoms with van der Waals surface area (Å²) < 4.78 is 52.6. The van der Waals surface area contributed by atoms with Gasteiger partial charge in [0.25, 0.3) is 15.9 Å². The van der Waals surface area contributed by atoms with Crippen LogP contribution in [0.1, 0.15) is 15.9 Å². The van der Waals surface area contributed by atoms with Crippen LogP contribution in [0.4, 0.5) is 10.1 Å². The van der Waals surface area contributed by atoms with Crippen molar-refractivity contribution in [3.8, 4) is 11.5 Å². The highest BCUT2D eigenvalue weighted by Gasteiger charge is 2.20. The average Bonchev–Trinajstić information content (AvgIpc) is 2.80. The van der Waals surface area contributed by atoms with Crippen molar-refractivity contribution in [2.75, 3.05) is 24.5 Å². The maximum absolute atomic E-state index is 13.7. The molecule has 1 aliphatic heterocycles. The number of sulfonamides is 1. The zero-order valence-corrected chi connectivity index (χ0v) is 17.8. The van der Waals surface area contributed by atoms with Crippen molar-refractivity contribution in [1.82, 2.24) is 5.32 Å². The van der Waals surface area contributed by atoms with Gasteiger partial charge in [-0.1, -0.05) is 24.3 Å². The van der Waals surface area contributed by atoms with Crippen molar-refractivity contribution in [3.05, 3.63) is 83.7 Å². The molecule has 0 unspecified atom stereocenters. The molecule has 0 aromatic heterocycles. The molecule has 0 saturated heterocycles. The number of hydrogen-bond acceptors (Lipinski definition) is 5. The Labute approximate surface area is 185 Å². The van der Waals surface area contributed by atoms with Gasteiger partial charge in [-0.15, -0.1) is 0 Å². The summed E-state index contributed by atoms with van der Waals surface area (Å²) >= 11 is 0. The Hall–Kier alpha value is -3.59. The van der Waals surface area contributed by atoms with Crippen LogP contribution in [0.5, 0.6) is 11.5 Å². The van der Waals surface area contributed by atoms with Gasteiger partial charge in [-0.05, 0) is 48.4 Å². The standard InChI is InChI=1S/C23H21FN2O5S/c24-20-7-2-1-4-16(20)10-11-25-23(27)17-5-3-6-18(14-17)26-32(28,29)19-8-9-21-22(15-19)31-13-12-30-21/h1-9,14-15,26H,10-13H2,(H,25,27). The molecule has 32 heavy (non-hydrogen) atoms. The minimum absolute atomic E-state index is 0.0153. The second-order valence-electron chi connectivity index (χ2n) is 7.09. The van der Waals surface area contributed by atoms with Gasteiger partial charge in [-0.2, -0.15) is 0 Å². The van der Waals surface area contributed by atoms with Gasteiger partial charge >= 0.3 is 0 Å². The molecule has 7 nitrogen and oxygen atoms in total. The predicted octanol–water partition coefficient (Wildman–Crippen LogP) is 3.37. The Morgan fingerprint density at radius 3 is 2.53 bits per heavy atom. The van der Waals surface area contributed by atoms with Crippen molar-refractivity contribution >= 4 is 21.6 Å². The summed E-state index contributed by atoms with van der Waals surface area (Å²) in [5.41, 5.74) is 1.02. The summed E-state index contributed by atoms with van der Waals surface area (Å²) in [6, 6.07) is 16.9. The van der Waals surface area contributed by atoms with E-state index in [9.17, 15) is 17.6 Å². The van der Waals surface area contributed by atoms with E-state index in [4.69, 9.17) is 9.47 Å². The minimum atomic E-state index is -3.91. The van der Waals surface area contributed by atoms with Crippen LogP contribution in [0.3, 0.4) is 0 Å². The molecule has 166 valence electrons. The van der Waals surface area contributed by atoms with Gasteiger partial charge in [0.15, 0.2) is 11.5 Å². The number of nitrogens with one attached hydrogen (secondary N) is 2. The fourth-order valence-corrected chi connectivity index (χ4v) is 4.31. The number of rotatable bonds is 7. The van der Waals surface area contributed by atoms with Crippen LogP contribution < -0.4 is 19.5 Å². The molecule has 0 atom stereocenters. The highest BCUT2D eigenvalue weighted by molar-refractivity contribution is 7.92. The summed E-state index contributed by atoms with van der Waals surface area (Å²) in [4.78, 5) is 12.5. The molecule has 0 bridgehead atoms. The van der Waals surface area contributed by atoms with Crippen molar-refractivity contribution in [1.29, 1.82) is 0 Å². The first-order valence-electron chi connectivity index (χ1n) is 9.96. The van der Waals surface area contributed by atoms with Crippen molar-refractivity contribution < 1.29 is 27.1 Å². The van der Waals surface area contributed by atoms with Crippen LogP contribution in [0.25, 0.3) is 0 Å². The van der Waals surface area contributed by atoms with Crippen LogP contribution in [0.2, 0.25) is 0 Å². The number of halogens is 1. The first kappa shape index (κ1) is 21.6. The molecular weight excluding hydrogens is 435 g/mol. The summed E-state index contributed by atoms with van der Waals surface area (Å²) in [6.07, 6.45) is 0.342. The lowest BCUT2D eigenvalue weighted by Crippen LogP contribution is -2.26. The van der Waals surface area contributed by atoms with Gasteiger partial charge in [-0.25, -0.2) is 12.8 Å². The Bertz CT molecular complexity index is 1250. The van der Waals surface area contributed by atoms with Gasteiger partial charge in [0, 0.05) is 23.9 Å². The zero-order valence-electron chi connectivity index (χ0n) is 17.0. The SMILES string of the molecule is O=C(NCCc1ccccc1F)c1cccc(NS(=O)(=O)c2ccc3c(c2)OCCO3)c1. The number of amides is 1. The second kappa shape index (κ2) is 9.27. The molecule has 0 aliphatic carbocycles. The van der Waals surface area contributed by atoms with E-state index in [-0.39, 0.29) is 34.4 Å². The molecule has 0 radical (unpaired) electrons. The highest BCUT2D eigenvalue weighted by Crippen LogP contribution is 2.32. The first-order chi connectivity index (χ1) is 15.4. The molecule has 0 spiro atoms. The quantitative estimate of drug-likeness (QED) is 0.569. The summed E-state index contributed by atoms with van der Waals surface area (Å²) in [6.45, 7) is 0.997. The lowest BCUT2D eigenvalue weighted by atomic mass is 10.1. The van der Waals surface area contributed by atoms with Crippen molar-refractivity contribution in [2.24, 2.45) is 0 Å². The molecule has 2 N–H and O–H groups in total. The molecule has 0 saturated carbocycles. The Kier molecular flexibility index (Phi) is 6.27. The third kappa shape index (κ3) is 5.00. The van der Waals surface area contributed by atoms with Gasteiger partial charge in [0.05, 0.1) is 4.90 Å². The van der Waals surface area contributed by atoms with E-state index < -0.39 is 10.0 Å².